The number of nitrogens with one attached hydrogen (secondary N) is 1. The van der Waals surface area contributed by atoms with Crippen LogP contribution < -0.4 is 5.32 Å². The number of anilines is 1. The first-order chi connectivity index (χ1) is 15.6. The maximum absolute atomic E-state index is 13.5. The number of sulfonamides is 1. The number of para-hydroxylation sites is 1. The van der Waals surface area contributed by atoms with E-state index in [9.17, 15) is 13.2 Å². The van der Waals surface area contributed by atoms with Gasteiger partial charge < -0.3 is 5.32 Å². The van der Waals surface area contributed by atoms with E-state index in [4.69, 9.17) is 23.2 Å². The molecule has 8 heteroatoms. The summed E-state index contributed by atoms with van der Waals surface area (Å²) in [5.41, 5.74) is 4.09. The zero-order chi connectivity index (χ0) is 24.2. The van der Waals surface area contributed by atoms with Gasteiger partial charge in [-0.3, -0.25) is 4.79 Å². The zero-order valence-corrected chi connectivity index (χ0v) is 21.1. The van der Waals surface area contributed by atoms with Gasteiger partial charge in [-0.1, -0.05) is 72.1 Å². The van der Waals surface area contributed by atoms with E-state index in [1.165, 1.54) is 12.1 Å². The summed E-state index contributed by atoms with van der Waals surface area (Å²) in [4.78, 5) is 13.1. The minimum atomic E-state index is -3.98. The third kappa shape index (κ3) is 6.15. The molecule has 3 aromatic rings. The van der Waals surface area contributed by atoms with E-state index in [0.29, 0.717) is 21.3 Å². The molecular formula is C25H26Cl2N2O3S. The predicted octanol–water partition coefficient (Wildman–Crippen LogP) is 6.00. The third-order valence-electron chi connectivity index (χ3n) is 5.34. The van der Waals surface area contributed by atoms with Gasteiger partial charge in [-0.05, 0) is 61.2 Å². The number of hydrogen-bond acceptors (Lipinski definition) is 3. The molecule has 0 bridgehead atoms. The lowest BCUT2D eigenvalue weighted by Gasteiger charge is -2.23. The Morgan fingerprint density at radius 3 is 2.30 bits per heavy atom. The normalized spacial score (nSPS) is 11.6. The van der Waals surface area contributed by atoms with E-state index in [2.05, 4.69) is 5.32 Å². The molecule has 0 heterocycles. The summed E-state index contributed by atoms with van der Waals surface area (Å²) in [6, 6.07) is 17.2. The zero-order valence-electron chi connectivity index (χ0n) is 18.7. The predicted molar refractivity (Wildman–Crippen MR) is 134 cm³/mol. The highest BCUT2D eigenvalue weighted by Crippen LogP contribution is 2.26. The Morgan fingerprint density at radius 1 is 0.970 bits per heavy atom. The molecule has 0 spiro atoms. The molecule has 33 heavy (non-hydrogen) atoms. The molecule has 0 radical (unpaired) electrons. The maximum Gasteiger partial charge on any atom is 0.243 e. The second kappa shape index (κ2) is 10.7. The molecule has 174 valence electrons. The van der Waals surface area contributed by atoms with E-state index < -0.39 is 15.9 Å². The summed E-state index contributed by atoms with van der Waals surface area (Å²) in [5.74, 6) is -0.431. The number of amides is 1. The van der Waals surface area contributed by atoms with Crippen LogP contribution in [0.1, 0.15) is 29.2 Å². The Labute approximate surface area is 205 Å². The molecule has 0 aliphatic carbocycles. The number of benzene rings is 3. The summed E-state index contributed by atoms with van der Waals surface area (Å²) in [5, 5.41) is 3.68. The number of carbonyl (C=O) groups excluding carboxylic acids is 1. The standard InChI is InChI=1S/C25H26Cl2N2O3S/c1-4-19-7-5-6-18(3)25(19)28-24(30)16-29(15-20-10-11-21(26)14-23(20)27)33(31,32)22-12-8-17(2)9-13-22/h5-14H,4,15-16H2,1-3H3,(H,28,30). The molecule has 0 saturated carbocycles. The van der Waals surface area contributed by atoms with Gasteiger partial charge in [0, 0.05) is 22.3 Å². The summed E-state index contributed by atoms with van der Waals surface area (Å²) in [6.45, 7) is 5.34. The number of hydrogen-bond donors (Lipinski definition) is 1. The molecule has 0 unspecified atom stereocenters. The molecule has 0 aromatic heterocycles. The third-order valence-corrected chi connectivity index (χ3v) is 7.74. The van der Waals surface area contributed by atoms with Crippen LogP contribution in [0.5, 0.6) is 0 Å². The first-order valence-corrected chi connectivity index (χ1v) is 12.7. The topological polar surface area (TPSA) is 66.5 Å². The van der Waals surface area contributed by atoms with E-state index in [1.807, 2.05) is 39.0 Å². The van der Waals surface area contributed by atoms with Crippen LogP contribution >= 0.6 is 23.2 Å². The molecule has 0 aliphatic rings. The Morgan fingerprint density at radius 2 is 1.67 bits per heavy atom. The number of carbonyl (C=O) groups is 1. The van der Waals surface area contributed by atoms with Crippen LogP contribution in [0.2, 0.25) is 10.0 Å². The van der Waals surface area contributed by atoms with Crippen LogP contribution in [0.3, 0.4) is 0 Å². The summed E-state index contributed by atoms with van der Waals surface area (Å²) in [7, 11) is -3.98. The van der Waals surface area contributed by atoms with Crippen LogP contribution in [0.25, 0.3) is 0 Å². The van der Waals surface area contributed by atoms with Gasteiger partial charge in [-0.15, -0.1) is 0 Å². The Bertz CT molecular complexity index is 1260. The van der Waals surface area contributed by atoms with Crippen LogP contribution in [-0.4, -0.2) is 25.2 Å². The minimum Gasteiger partial charge on any atom is -0.324 e. The summed E-state index contributed by atoms with van der Waals surface area (Å²) >= 11 is 12.3. The van der Waals surface area contributed by atoms with Gasteiger partial charge >= 0.3 is 0 Å². The molecular weight excluding hydrogens is 479 g/mol. The van der Waals surface area contributed by atoms with E-state index >= 15 is 0 Å². The van der Waals surface area contributed by atoms with Crippen molar-refractivity contribution in [3.8, 4) is 0 Å². The fourth-order valence-electron chi connectivity index (χ4n) is 3.47. The van der Waals surface area contributed by atoms with Crippen molar-refractivity contribution in [3.05, 3.63) is 93.0 Å². The number of rotatable bonds is 8. The second-order valence-electron chi connectivity index (χ2n) is 7.83. The number of nitrogens with zero attached hydrogens (tertiary/aromatic N) is 1. The average Bonchev–Trinajstić information content (AvgIpc) is 2.76. The van der Waals surface area contributed by atoms with Gasteiger partial charge in [0.05, 0.1) is 11.4 Å². The lowest BCUT2D eigenvalue weighted by atomic mass is 10.1. The molecule has 1 amide bonds. The molecule has 1 N–H and O–H groups in total. The van der Waals surface area contributed by atoms with Gasteiger partial charge in [0.1, 0.15) is 0 Å². The van der Waals surface area contributed by atoms with Gasteiger partial charge in [-0.25, -0.2) is 8.42 Å². The van der Waals surface area contributed by atoms with Crippen LogP contribution in [0.4, 0.5) is 5.69 Å². The van der Waals surface area contributed by atoms with Crippen LogP contribution in [0.15, 0.2) is 65.6 Å². The van der Waals surface area contributed by atoms with Gasteiger partial charge in [0.25, 0.3) is 0 Å². The first kappa shape index (κ1) is 25.2. The smallest absolute Gasteiger partial charge is 0.243 e. The van der Waals surface area contributed by atoms with Crippen molar-refractivity contribution in [1.82, 2.24) is 4.31 Å². The van der Waals surface area contributed by atoms with Crippen molar-refractivity contribution in [2.24, 2.45) is 0 Å². The lowest BCUT2D eigenvalue weighted by Crippen LogP contribution is -2.37. The monoisotopic (exact) mass is 504 g/mol. The average molecular weight is 505 g/mol. The second-order valence-corrected chi connectivity index (χ2v) is 10.6. The summed E-state index contributed by atoms with van der Waals surface area (Å²) in [6.07, 6.45) is 0.739. The number of aryl methyl sites for hydroxylation is 3. The fourth-order valence-corrected chi connectivity index (χ4v) is 5.31. The van der Waals surface area contributed by atoms with Crippen molar-refractivity contribution in [3.63, 3.8) is 0 Å². The Kier molecular flexibility index (Phi) is 8.19. The van der Waals surface area contributed by atoms with E-state index in [0.717, 1.165) is 27.4 Å². The van der Waals surface area contributed by atoms with Crippen molar-refractivity contribution in [1.29, 1.82) is 0 Å². The molecule has 0 atom stereocenters. The highest BCUT2D eigenvalue weighted by molar-refractivity contribution is 7.89. The van der Waals surface area contributed by atoms with Crippen molar-refractivity contribution < 1.29 is 13.2 Å². The molecule has 5 nitrogen and oxygen atoms in total. The van der Waals surface area contributed by atoms with Crippen LogP contribution in [0, 0.1) is 13.8 Å². The van der Waals surface area contributed by atoms with Gasteiger partial charge in [-0.2, -0.15) is 4.31 Å². The largest absolute Gasteiger partial charge is 0.324 e. The molecule has 0 aliphatic heterocycles. The quantitative estimate of drug-likeness (QED) is 0.408. The number of halogens is 2. The fraction of sp³-hybridized carbons (Fsp3) is 0.240. The maximum atomic E-state index is 13.5. The van der Waals surface area contributed by atoms with E-state index in [1.54, 1.807) is 30.3 Å². The molecule has 0 fully saturated rings. The highest BCUT2D eigenvalue weighted by atomic mass is 35.5. The SMILES string of the molecule is CCc1cccc(C)c1NC(=O)CN(Cc1ccc(Cl)cc1Cl)S(=O)(=O)c1ccc(C)cc1. The van der Waals surface area contributed by atoms with Crippen molar-refractivity contribution >= 4 is 44.8 Å². The minimum absolute atomic E-state index is 0.0754. The Balaban J connectivity index is 1.94. The van der Waals surface area contributed by atoms with Gasteiger partial charge in [0.2, 0.25) is 15.9 Å². The molecule has 0 saturated heterocycles. The summed E-state index contributed by atoms with van der Waals surface area (Å²) < 4.78 is 28.1. The Hall–Kier alpha value is -2.38. The highest BCUT2D eigenvalue weighted by Gasteiger charge is 2.28. The van der Waals surface area contributed by atoms with Crippen LogP contribution in [-0.2, 0) is 27.8 Å². The van der Waals surface area contributed by atoms with E-state index in [-0.39, 0.29) is 18.0 Å². The van der Waals surface area contributed by atoms with Gasteiger partial charge in [0.15, 0.2) is 0 Å². The van der Waals surface area contributed by atoms with Crippen molar-refractivity contribution in [2.45, 2.75) is 38.6 Å². The molecule has 3 rings (SSSR count). The molecule has 3 aromatic carbocycles. The van der Waals surface area contributed by atoms with Crippen molar-refractivity contribution in [2.75, 3.05) is 11.9 Å². The first-order valence-electron chi connectivity index (χ1n) is 10.5. The lowest BCUT2D eigenvalue weighted by molar-refractivity contribution is -0.116.